The second kappa shape index (κ2) is 7.06. The van der Waals surface area contributed by atoms with E-state index in [-0.39, 0.29) is 28.7 Å². The second-order valence-corrected chi connectivity index (χ2v) is 10.9. The number of fused-ring (bicyclic) bond motifs is 6. The first-order valence-corrected chi connectivity index (χ1v) is 11.7. The SMILES string of the molecule is CC(C)(C)OC(=O)N1C2CCC1CN(c1nc3c(c4c(F)c(Cl)ncc14)OCC31COC1)C2. The van der Waals surface area contributed by atoms with Gasteiger partial charge in [-0.05, 0) is 33.6 Å². The van der Waals surface area contributed by atoms with Crippen LogP contribution in [0.2, 0.25) is 5.15 Å². The molecule has 2 atom stereocenters. The summed E-state index contributed by atoms with van der Waals surface area (Å²) in [6, 6.07) is 0.0112. The first kappa shape index (κ1) is 21.2. The average Bonchev–Trinajstić information content (AvgIpc) is 3.23. The summed E-state index contributed by atoms with van der Waals surface area (Å²) in [6.45, 7) is 8.20. The van der Waals surface area contributed by atoms with Crippen LogP contribution in [-0.4, -0.2) is 71.6 Å². The molecule has 0 aliphatic carbocycles. The van der Waals surface area contributed by atoms with Gasteiger partial charge in [0.15, 0.2) is 16.7 Å². The fourth-order valence-corrected chi connectivity index (χ4v) is 5.61. The largest absolute Gasteiger partial charge is 0.490 e. The number of aromatic nitrogens is 2. The van der Waals surface area contributed by atoms with Crippen molar-refractivity contribution in [1.29, 1.82) is 0 Å². The van der Waals surface area contributed by atoms with Gasteiger partial charge in [-0.3, -0.25) is 4.90 Å². The number of ether oxygens (including phenoxy) is 3. The maximum absolute atomic E-state index is 15.2. The molecule has 0 aromatic carbocycles. The van der Waals surface area contributed by atoms with Crippen molar-refractivity contribution in [1.82, 2.24) is 14.9 Å². The second-order valence-electron chi connectivity index (χ2n) is 10.5. The van der Waals surface area contributed by atoms with Crippen LogP contribution in [0.3, 0.4) is 0 Å². The van der Waals surface area contributed by atoms with Crippen LogP contribution in [0.25, 0.3) is 10.8 Å². The molecule has 0 N–H and O–H groups in total. The van der Waals surface area contributed by atoms with Crippen LogP contribution in [0.4, 0.5) is 15.0 Å². The maximum atomic E-state index is 15.2. The van der Waals surface area contributed by atoms with Crippen molar-refractivity contribution in [3.63, 3.8) is 0 Å². The molecule has 4 aliphatic heterocycles. The quantitative estimate of drug-likeness (QED) is 0.581. The average molecular weight is 477 g/mol. The highest BCUT2D eigenvalue weighted by molar-refractivity contribution is 6.30. The number of pyridine rings is 2. The third kappa shape index (κ3) is 3.15. The van der Waals surface area contributed by atoms with Crippen LogP contribution in [0, 0.1) is 5.82 Å². The lowest BCUT2D eigenvalue weighted by molar-refractivity contribution is -0.0682. The Morgan fingerprint density at radius 1 is 1.24 bits per heavy atom. The lowest BCUT2D eigenvalue weighted by Crippen LogP contribution is -2.57. The topological polar surface area (TPSA) is 77.0 Å². The van der Waals surface area contributed by atoms with Crippen LogP contribution in [-0.2, 0) is 14.9 Å². The lowest BCUT2D eigenvalue weighted by atomic mass is 9.83. The Labute approximate surface area is 195 Å². The van der Waals surface area contributed by atoms with Gasteiger partial charge < -0.3 is 19.1 Å². The van der Waals surface area contributed by atoms with Crippen LogP contribution >= 0.6 is 11.6 Å². The molecule has 1 amide bonds. The fraction of sp³-hybridized carbons (Fsp3) is 0.609. The van der Waals surface area contributed by atoms with Crippen LogP contribution < -0.4 is 9.64 Å². The van der Waals surface area contributed by atoms with E-state index in [0.717, 1.165) is 18.5 Å². The Balaban J connectivity index is 1.41. The van der Waals surface area contributed by atoms with E-state index in [1.165, 1.54) is 0 Å². The zero-order valence-electron chi connectivity index (χ0n) is 18.9. The van der Waals surface area contributed by atoms with Gasteiger partial charge in [0.05, 0.1) is 41.8 Å². The van der Waals surface area contributed by atoms with Crippen molar-refractivity contribution in [2.75, 3.05) is 37.8 Å². The minimum atomic E-state index is -0.596. The molecule has 33 heavy (non-hydrogen) atoms. The highest BCUT2D eigenvalue weighted by Crippen LogP contribution is 2.49. The molecule has 176 valence electrons. The fourth-order valence-electron chi connectivity index (χ4n) is 5.47. The van der Waals surface area contributed by atoms with Gasteiger partial charge in [-0.2, -0.15) is 0 Å². The van der Waals surface area contributed by atoms with E-state index in [1.54, 1.807) is 6.20 Å². The number of halogens is 2. The van der Waals surface area contributed by atoms with Crippen molar-refractivity contribution in [2.45, 2.75) is 56.7 Å². The lowest BCUT2D eigenvalue weighted by Gasteiger charge is -2.42. The molecular formula is C23H26ClFN4O4. The normalized spacial score (nSPS) is 25.2. The van der Waals surface area contributed by atoms with Crippen LogP contribution in [0.5, 0.6) is 5.75 Å². The number of rotatable bonds is 1. The minimum absolute atomic E-state index is 0.00561. The molecule has 6 heterocycles. The van der Waals surface area contributed by atoms with E-state index >= 15 is 4.39 Å². The van der Waals surface area contributed by atoms with Gasteiger partial charge in [-0.15, -0.1) is 0 Å². The number of carbonyl (C=O) groups excluding carboxylic acids is 1. The third-order valence-electron chi connectivity index (χ3n) is 7.02. The molecule has 1 spiro atoms. The van der Waals surface area contributed by atoms with Gasteiger partial charge in [0.2, 0.25) is 0 Å². The Bertz CT molecular complexity index is 1150. The van der Waals surface area contributed by atoms with Crippen molar-refractivity contribution in [3.05, 3.63) is 22.9 Å². The van der Waals surface area contributed by atoms with Crippen LogP contribution in [0.1, 0.15) is 39.3 Å². The molecular weight excluding hydrogens is 451 g/mol. The standard InChI is InChI=1S/C23H26ClFN4O4/c1-22(2,3)33-21(30)29-12-4-5-13(29)8-28(7-12)20-14-6-26-19(24)16(25)15(14)17-18(27-20)23(11-32-17)9-31-10-23/h6,12-13H,4-5,7-11H2,1-3H3. The predicted molar refractivity (Wildman–Crippen MR) is 120 cm³/mol. The summed E-state index contributed by atoms with van der Waals surface area (Å²) in [5, 5.41) is 0.699. The van der Waals surface area contributed by atoms with E-state index in [2.05, 4.69) is 9.88 Å². The number of nitrogens with zero attached hydrogens (tertiary/aromatic N) is 4. The molecule has 3 saturated heterocycles. The molecule has 8 nitrogen and oxygen atoms in total. The minimum Gasteiger partial charge on any atom is -0.490 e. The van der Waals surface area contributed by atoms with E-state index in [4.69, 9.17) is 30.8 Å². The van der Waals surface area contributed by atoms with E-state index in [0.29, 0.717) is 55.2 Å². The van der Waals surface area contributed by atoms with Gasteiger partial charge in [0, 0.05) is 24.7 Å². The third-order valence-corrected chi connectivity index (χ3v) is 7.28. The molecule has 0 saturated carbocycles. The number of anilines is 1. The highest BCUT2D eigenvalue weighted by Gasteiger charge is 2.51. The molecule has 2 aromatic heterocycles. The summed E-state index contributed by atoms with van der Waals surface area (Å²) in [5.41, 5.74) is -0.176. The van der Waals surface area contributed by atoms with Crippen molar-refractivity contribution < 1.29 is 23.4 Å². The van der Waals surface area contributed by atoms with E-state index in [1.807, 2.05) is 25.7 Å². The summed E-state index contributed by atoms with van der Waals surface area (Å²) in [6.07, 6.45) is 3.07. The van der Waals surface area contributed by atoms with Crippen LogP contribution in [0.15, 0.2) is 6.20 Å². The summed E-state index contributed by atoms with van der Waals surface area (Å²) in [5.74, 6) is 0.500. The Morgan fingerprint density at radius 3 is 2.55 bits per heavy atom. The summed E-state index contributed by atoms with van der Waals surface area (Å²) < 4.78 is 32.3. The monoisotopic (exact) mass is 476 g/mol. The summed E-state index contributed by atoms with van der Waals surface area (Å²) in [7, 11) is 0. The van der Waals surface area contributed by atoms with Gasteiger partial charge in [-0.1, -0.05) is 11.6 Å². The molecule has 3 fully saturated rings. The zero-order valence-corrected chi connectivity index (χ0v) is 19.6. The Kier molecular flexibility index (Phi) is 4.52. The first-order chi connectivity index (χ1) is 15.7. The number of amides is 1. The molecule has 2 bridgehead atoms. The van der Waals surface area contributed by atoms with Gasteiger partial charge in [0.1, 0.15) is 18.0 Å². The van der Waals surface area contributed by atoms with E-state index < -0.39 is 11.4 Å². The highest BCUT2D eigenvalue weighted by atomic mass is 35.5. The molecule has 4 aliphatic rings. The summed E-state index contributed by atoms with van der Waals surface area (Å²) in [4.78, 5) is 25.9. The Hall–Kier alpha value is -2.39. The maximum Gasteiger partial charge on any atom is 0.410 e. The zero-order chi connectivity index (χ0) is 23.1. The molecule has 2 aromatic rings. The molecule has 2 unspecified atom stereocenters. The number of hydrogen-bond acceptors (Lipinski definition) is 7. The summed E-state index contributed by atoms with van der Waals surface area (Å²) >= 11 is 6.05. The van der Waals surface area contributed by atoms with Gasteiger partial charge >= 0.3 is 6.09 Å². The van der Waals surface area contributed by atoms with Crippen molar-refractivity contribution in [2.24, 2.45) is 0 Å². The smallest absolute Gasteiger partial charge is 0.410 e. The number of piperazine rings is 1. The van der Waals surface area contributed by atoms with E-state index in [9.17, 15) is 4.79 Å². The van der Waals surface area contributed by atoms with Gasteiger partial charge in [0.25, 0.3) is 0 Å². The van der Waals surface area contributed by atoms with Crippen molar-refractivity contribution >= 4 is 34.3 Å². The number of carbonyl (C=O) groups is 1. The van der Waals surface area contributed by atoms with Gasteiger partial charge in [-0.25, -0.2) is 19.2 Å². The molecule has 0 radical (unpaired) electrons. The Morgan fingerprint density at radius 2 is 1.94 bits per heavy atom. The first-order valence-electron chi connectivity index (χ1n) is 11.3. The predicted octanol–water partition coefficient (Wildman–Crippen LogP) is 3.67. The molecule has 10 heteroatoms. The number of hydrogen-bond donors (Lipinski definition) is 0. The van der Waals surface area contributed by atoms with Crippen molar-refractivity contribution in [3.8, 4) is 5.75 Å². The molecule has 6 rings (SSSR count).